The first-order valence-electron chi connectivity index (χ1n) is 6.88. The van der Waals surface area contributed by atoms with Crippen LogP contribution in [0.2, 0.25) is 0 Å². The number of thiocarbonyl (C=S) groups is 1. The second kappa shape index (κ2) is 6.93. The van der Waals surface area contributed by atoms with Crippen molar-refractivity contribution in [3.63, 3.8) is 0 Å². The van der Waals surface area contributed by atoms with Crippen LogP contribution in [0.1, 0.15) is 24.6 Å². The fourth-order valence-electron chi connectivity index (χ4n) is 2.45. The third-order valence-electron chi connectivity index (χ3n) is 3.49. The highest BCUT2D eigenvalue weighted by atomic mass is 32.1. The molecule has 104 valence electrons. The van der Waals surface area contributed by atoms with Gasteiger partial charge in [0.1, 0.15) is 4.99 Å². The fourth-order valence-corrected chi connectivity index (χ4v) is 2.56. The van der Waals surface area contributed by atoms with Crippen molar-refractivity contribution in [2.75, 3.05) is 32.7 Å². The summed E-state index contributed by atoms with van der Waals surface area (Å²) < 4.78 is 0. The molecule has 1 aromatic rings. The monoisotopic (exact) mass is 278 g/mol. The molecular formula is C14H22N4S. The van der Waals surface area contributed by atoms with Gasteiger partial charge in [-0.1, -0.05) is 19.1 Å². The molecule has 0 atom stereocenters. The van der Waals surface area contributed by atoms with Crippen molar-refractivity contribution in [1.82, 2.24) is 14.8 Å². The molecule has 19 heavy (non-hydrogen) atoms. The highest BCUT2D eigenvalue weighted by Crippen LogP contribution is 2.09. The molecule has 5 heteroatoms. The van der Waals surface area contributed by atoms with Crippen LogP contribution in [0.25, 0.3) is 0 Å². The first kappa shape index (κ1) is 14.4. The highest BCUT2D eigenvalue weighted by Gasteiger charge is 2.16. The van der Waals surface area contributed by atoms with Gasteiger partial charge >= 0.3 is 0 Å². The number of aromatic nitrogens is 1. The molecule has 1 aromatic heterocycles. The summed E-state index contributed by atoms with van der Waals surface area (Å²) in [6.45, 7) is 9.00. The van der Waals surface area contributed by atoms with Crippen molar-refractivity contribution in [3.05, 3.63) is 29.6 Å². The van der Waals surface area contributed by atoms with E-state index in [-0.39, 0.29) is 0 Å². The van der Waals surface area contributed by atoms with Gasteiger partial charge in [-0.2, -0.15) is 0 Å². The summed E-state index contributed by atoms with van der Waals surface area (Å²) in [5.74, 6) is 0. The van der Waals surface area contributed by atoms with Crippen LogP contribution in [0.4, 0.5) is 0 Å². The largest absolute Gasteiger partial charge is 0.388 e. The van der Waals surface area contributed by atoms with Gasteiger partial charge in [-0.15, -0.1) is 0 Å². The second-order valence-corrected chi connectivity index (χ2v) is 5.47. The van der Waals surface area contributed by atoms with Crippen LogP contribution in [0.15, 0.2) is 18.3 Å². The van der Waals surface area contributed by atoms with Gasteiger partial charge in [-0.05, 0) is 30.7 Å². The lowest BCUT2D eigenvalue weighted by molar-refractivity contribution is 0.127. The van der Waals surface area contributed by atoms with Crippen LogP contribution in [0.5, 0.6) is 0 Å². The molecule has 0 spiro atoms. The van der Waals surface area contributed by atoms with Gasteiger partial charge in [0.05, 0.1) is 5.69 Å². The lowest BCUT2D eigenvalue weighted by atomic mass is 10.2. The molecule has 2 N–H and O–H groups in total. The molecule has 0 bridgehead atoms. The third kappa shape index (κ3) is 4.23. The molecule has 0 saturated carbocycles. The van der Waals surface area contributed by atoms with Gasteiger partial charge in [0.2, 0.25) is 0 Å². The number of nitrogens with two attached hydrogens (primary N) is 1. The van der Waals surface area contributed by atoms with Gasteiger partial charge in [-0.25, -0.2) is 0 Å². The standard InChI is InChI=1S/C14H22N4S/c1-2-5-17-6-8-18(9-7-17)11-12-3-4-16-13(10-12)14(15)19/h3-4,10H,2,5-9,11H2,1H3,(H2,15,19). The van der Waals surface area contributed by atoms with Gasteiger partial charge in [0.15, 0.2) is 0 Å². The van der Waals surface area contributed by atoms with Crippen LogP contribution in [0, 0.1) is 0 Å². The molecule has 0 radical (unpaired) electrons. The maximum atomic E-state index is 5.62. The quantitative estimate of drug-likeness (QED) is 0.821. The number of piperazine rings is 1. The first-order chi connectivity index (χ1) is 9.19. The smallest absolute Gasteiger partial charge is 0.122 e. The third-order valence-corrected chi connectivity index (χ3v) is 3.70. The number of hydrogen-bond donors (Lipinski definition) is 1. The zero-order chi connectivity index (χ0) is 13.7. The average molecular weight is 278 g/mol. The van der Waals surface area contributed by atoms with E-state index in [0.717, 1.165) is 25.3 Å². The van der Waals surface area contributed by atoms with Gasteiger partial charge in [0, 0.05) is 38.9 Å². The van der Waals surface area contributed by atoms with E-state index in [1.54, 1.807) is 6.20 Å². The van der Waals surface area contributed by atoms with Crippen molar-refractivity contribution in [1.29, 1.82) is 0 Å². The predicted molar refractivity (Wildman–Crippen MR) is 82.1 cm³/mol. The Morgan fingerprint density at radius 3 is 2.63 bits per heavy atom. The molecule has 0 aliphatic carbocycles. The summed E-state index contributed by atoms with van der Waals surface area (Å²) in [6, 6.07) is 4.04. The summed E-state index contributed by atoms with van der Waals surface area (Å²) in [7, 11) is 0. The van der Waals surface area contributed by atoms with Crippen LogP contribution in [0.3, 0.4) is 0 Å². The van der Waals surface area contributed by atoms with Crippen LogP contribution >= 0.6 is 12.2 Å². The number of pyridine rings is 1. The Balaban J connectivity index is 1.88. The molecule has 1 fully saturated rings. The van der Waals surface area contributed by atoms with Gasteiger partial charge in [-0.3, -0.25) is 9.88 Å². The topological polar surface area (TPSA) is 45.4 Å². The molecule has 1 aliphatic heterocycles. The van der Waals surface area contributed by atoms with E-state index in [2.05, 4.69) is 21.7 Å². The zero-order valence-electron chi connectivity index (χ0n) is 11.5. The van der Waals surface area contributed by atoms with E-state index in [4.69, 9.17) is 18.0 Å². The predicted octanol–water partition coefficient (Wildman–Crippen LogP) is 1.24. The summed E-state index contributed by atoms with van der Waals surface area (Å²) in [5.41, 5.74) is 7.57. The summed E-state index contributed by atoms with van der Waals surface area (Å²) in [5, 5.41) is 0. The molecular weight excluding hydrogens is 256 g/mol. The van der Waals surface area contributed by atoms with Gasteiger partial charge < -0.3 is 10.6 Å². The van der Waals surface area contributed by atoms with Crippen LogP contribution in [-0.4, -0.2) is 52.5 Å². The van der Waals surface area contributed by atoms with E-state index >= 15 is 0 Å². The highest BCUT2D eigenvalue weighted by molar-refractivity contribution is 7.80. The lowest BCUT2D eigenvalue weighted by Crippen LogP contribution is -2.45. The van der Waals surface area contributed by atoms with E-state index in [0.29, 0.717) is 4.99 Å². The minimum Gasteiger partial charge on any atom is -0.388 e. The van der Waals surface area contributed by atoms with E-state index < -0.39 is 0 Å². The Labute approximate surface area is 120 Å². The number of rotatable bonds is 5. The minimum atomic E-state index is 0.370. The SMILES string of the molecule is CCCN1CCN(Cc2ccnc(C(N)=S)c2)CC1. The Morgan fingerprint density at radius 1 is 1.32 bits per heavy atom. The molecule has 1 saturated heterocycles. The van der Waals surface area contributed by atoms with Crippen molar-refractivity contribution < 1.29 is 0 Å². The molecule has 0 aromatic carbocycles. The molecule has 0 unspecified atom stereocenters. The molecule has 4 nitrogen and oxygen atoms in total. The maximum absolute atomic E-state index is 5.62. The number of nitrogens with zero attached hydrogens (tertiary/aromatic N) is 3. The van der Waals surface area contributed by atoms with Crippen molar-refractivity contribution in [2.24, 2.45) is 5.73 Å². The Hall–Kier alpha value is -1.04. The Bertz CT molecular complexity index is 427. The van der Waals surface area contributed by atoms with Gasteiger partial charge in [0.25, 0.3) is 0 Å². The average Bonchev–Trinajstić information content (AvgIpc) is 2.42. The normalized spacial score (nSPS) is 17.5. The lowest BCUT2D eigenvalue weighted by Gasteiger charge is -2.34. The summed E-state index contributed by atoms with van der Waals surface area (Å²) in [6.07, 6.45) is 3.03. The van der Waals surface area contributed by atoms with E-state index in [1.165, 1.54) is 31.6 Å². The molecule has 2 rings (SSSR count). The zero-order valence-corrected chi connectivity index (χ0v) is 12.3. The van der Waals surface area contributed by atoms with E-state index in [9.17, 15) is 0 Å². The van der Waals surface area contributed by atoms with Crippen molar-refractivity contribution in [2.45, 2.75) is 19.9 Å². The fraction of sp³-hybridized carbons (Fsp3) is 0.571. The van der Waals surface area contributed by atoms with Crippen LogP contribution in [-0.2, 0) is 6.54 Å². The number of hydrogen-bond acceptors (Lipinski definition) is 4. The second-order valence-electron chi connectivity index (χ2n) is 5.03. The minimum absolute atomic E-state index is 0.370. The summed E-state index contributed by atoms with van der Waals surface area (Å²) in [4.78, 5) is 9.55. The maximum Gasteiger partial charge on any atom is 0.122 e. The Kier molecular flexibility index (Phi) is 5.24. The molecule has 0 amide bonds. The van der Waals surface area contributed by atoms with Crippen molar-refractivity contribution in [3.8, 4) is 0 Å². The summed E-state index contributed by atoms with van der Waals surface area (Å²) >= 11 is 4.97. The molecule has 1 aliphatic rings. The van der Waals surface area contributed by atoms with Crippen molar-refractivity contribution >= 4 is 17.2 Å². The Morgan fingerprint density at radius 2 is 2.00 bits per heavy atom. The van der Waals surface area contributed by atoms with E-state index in [1.807, 2.05) is 12.1 Å². The molecule has 2 heterocycles. The first-order valence-corrected chi connectivity index (χ1v) is 7.29. The van der Waals surface area contributed by atoms with Crippen LogP contribution < -0.4 is 5.73 Å².